The Morgan fingerprint density at radius 1 is 0.923 bits per heavy atom. The number of hydrogen-bond donors (Lipinski definition) is 1. The summed E-state index contributed by atoms with van der Waals surface area (Å²) in [6.45, 7) is 6.89. The Hall–Kier alpha value is -0.0400. The lowest BCUT2D eigenvalue weighted by molar-refractivity contribution is 0.150. The molecule has 1 aliphatic rings. The second-order valence-electron chi connectivity index (χ2n) is 4.66. The summed E-state index contributed by atoms with van der Waals surface area (Å²) in [7, 11) is 0. The summed E-state index contributed by atoms with van der Waals surface area (Å²) in [5, 5.41) is 0. The molecule has 1 aliphatic carbocycles. The van der Waals surface area contributed by atoms with Gasteiger partial charge in [-0.3, -0.25) is 0 Å². The zero-order valence-corrected chi connectivity index (χ0v) is 9.42. The molecular formula is C12H25N. The Morgan fingerprint density at radius 3 is 1.69 bits per heavy atom. The van der Waals surface area contributed by atoms with Gasteiger partial charge in [-0.1, -0.05) is 40.0 Å². The second-order valence-corrected chi connectivity index (χ2v) is 4.66. The first-order valence-electron chi connectivity index (χ1n) is 5.98. The fraction of sp³-hybridized carbons (Fsp3) is 1.00. The van der Waals surface area contributed by atoms with Crippen molar-refractivity contribution in [2.45, 2.75) is 58.9 Å². The Labute approximate surface area is 83.1 Å². The van der Waals surface area contributed by atoms with Gasteiger partial charge in [-0.05, 0) is 30.6 Å². The van der Waals surface area contributed by atoms with Gasteiger partial charge in [-0.15, -0.1) is 0 Å². The quantitative estimate of drug-likeness (QED) is 0.714. The van der Waals surface area contributed by atoms with Crippen LogP contribution in [-0.4, -0.2) is 6.04 Å². The summed E-state index contributed by atoms with van der Waals surface area (Å²) in [6, 6.07) is 0.484. The van der Waals surface area contributed by atoms with Crippen LogP contribution in [0.4, 0.5) is 0 Å². The summed E-state index contributed by atoms with van der Waals surface area (Å²) in [5.74, 6) is 2.54. The van der Waals surface area contributed by atoms with Gasteiger partial charge in [0.15, 0.2) is 0 Å². The maximum absolute atomic E-state index is 6.26. The molecule has 0 aromatic heterocycles. The molecule has 1 saturated carbocycles. The van der Waals surface area contributed by atoms with E-state index in [2.05, 4.69) is 20.8 Å². The van der Waals surface area contributed by atoms with Crippen LogP contribution >= 0.6 is 0 Å². The van der Waals surface area contributed by atoms with Gasteiger partial charge in [0.05, 0.1) is 0 Å². The molecule has 0 radical (unpaired) electrons. The molecule has 1 rings (SSSR count). The van der Waals surface area contributed by atoms with E-state index in [-0.39, 0.29) is 0 Å². The minimum absolute atomic E-state index is 0.484. The molecule has 2 atom stereocenters. The normalized spacial score (nSPS) is 40.6. The van der Waals surface area contributed by atoms with E-state index < -0.39 is 0 Å². The van der Waals surface area contributed by atoms with Crippen molar-refractivity contribution in [2.24, 2.45) is 23.5 Å². The lowest BCUT2D eigenvalue weighted by Crippen LogP contribution is -2.42. The largest absolute Gasteiger partial charge is 0.327 e. The third-order valence-electron chi connectivity index (χ3n) is 3.99. The maximum Gasteiger partial charge on any atom is 0.00956 e. The highest BCUT2D eigenvalue weighted by atomic mass is 14.7. The van der Waals surface area contributed by atoms with Gasteiger partial charge in [-0.25, -0.2) is 0 Å². The van der Waals surface area contributed by atoms with E-state index in [0.717, 1.165) is 17.8 Å². The van der Waals surface area contributed by atoms with Crippen molar-refractivity contribution in [3.8, 4) is 0 Å². The van der Waals surface area contributed by atoms with Crippen LogP contribution in [0.15, 0.2) is 0 Å². The van der Waals surface area contributed by atoms with Gasteiger partial charge in [0, 0.05) is 6.04 Å². The summed E-state index contributed by atoms with van der Waals surface area (Å²) < 4.78 is 0. The average molecular weight is 183 g/mol. The molecule has 2 unspecified atom stereocenters. The molecule has 0 bridgehead atoms. The van der Waals surface area contributed by atoms with E-state index in [1.807, 2.05) is 0 Å². The van der Waals surface area contributed by atoms with Gasteiger partial charge in [0.1, 0.15) is 0 Å². The Balaban J connectivity index is 2.56. The van der Waals surface area contributed by atoms with Gasteiger partial charge < -0.3 is 5.73 Å². The van der Waals surface area contributed by atoms with Gasteiger partial charge in [0.25, 0.3) is 0 Å². The van der Waals surface area contributed by atoms with Crippen LogP contribution in [0.1, 0.15) is 52.9 Å². The van der Waals surface area contributed by atoms with Crippen LogP contribution in [0.5, 0.6) is 0 Å². The van der Waals surface area contributed by atoms with Crippen molar-refractivity contribution in [1.82, 2.24) is 0 Å². The summed E-state index contributed by atoms with van der Waals surface area (Å²) in [5.41, 5.74) is 6.26. The van der Waals surface area contributed by atoms with Crippen molar-refractivity contribution < 1.29 is 0 Å². The number of rotatable bonds is 3. The Bertz CT molecular complexity index is 130. The standard InChI is InChI=1S/C12H25N/c1-4-9-7-10(5-2)12(13)11(6-3)8-9/h9-12H,4-8,13H2,1-3H3. The lowest BCUT2D eigenvalue weighted by Gasteiger charge is -2.39. The third kappa shape index (κ3) is 2.46. The Morgan fingerprint density at radius 2 is 1.38 bits per heavy atom. The van der Waals surface area contributed by atoms with Gasteiger partial charge in [-0.2, -0.15) is 0 Å². The maximum atomic E-state index is 6.26. The first kappa shape index (κ1) is 11.0. The molecule has 0 aromatic rings. The van der Waals surface area contributed by atoms with Gasteiger partial charge in [0.2, 0.25) is 0 Å². The van der Waals surface area contributed by atoms with Gasteiger partial charge >= 0.3 is 0 Å². The van der Waals surface area contributed by atoms with E-state index in [1.54, 1.807) is 0 Å². The summed E-state index contributed by atoms with van der Waals surface area (Å²) >= 11 is 0. The second kappa shape index (κ2) is 4.99. The summed E-state index contributed by atoms with van der Waals surface area (Å²) in [6.07, 6.45) is 6.65. The number of hydrogen-bond acceptors (Lipinski definition) is 1. The first-order valence-corrected chi connectivity index (χ1v) is 5.98. The van der Waals surface area contributed by atoms with E-state index in [1.165, 1.54) is 32.1 Å². The van der Waals surface area contributed by atoms with E-state index in [4.69, 9.17) is 5.73 Å². The smallest absolute Gasteiger partial charge is 0.00956 e. The first-order chi connectivity index (χ1) is 6.22. The van der Waals surface area contributed by atoms with Crippen molar-refractivity contribution in [3.63, 3.8) is 0 Å². The predicted octanol–water partition coefficient (Wildman–Crippen LogP) is 3.19. The zero-order chi connectivity index (χ0) is 9.84. The number of nitrogens with two attached hydrogens (primary N) is 1. The molecule has 0 aromatic carbocycles. The molecule has 1 fully saturated rings. The summed E-state index contributed by atoms with van der Waals surface area (Å²) in [4.78, 5) is 0. The highest BCUT2D eigenvalue weighted by molar-refractivity contribution is 4.87. The van der Waals surface area contributed by atoms with Crippen LogP contribution in [0.25, 0.3) is 0 Å². The minimum Gasteiger partial charge on any atom is -0.327 e. The molecule has 0 amide bonds. The minimum atomic E-state index is 0.484. The highest BCUT2D eigenvalue weighted by Gasteiger charge is 2.32. The van der Waals surface area contributed by atoms with Crippen LogP contribution in [-0.2, 0) is 0 Å². The topological polar surface area (TPSA) is 26.0 Å². The monoisotopic (exact) mass is 183 g/mol. The fourth-order valence-electron chi connectivity index (χ4n) is 2.86. The van der Waals surface area contributed by atoms with E-state index in [9.17, 15) is 0 Å². The zero-order valence-electron chi connectivity index (χ0n) is 9.42. The molecule has 1 nitrogen and oxygen atoms in total. The van der Waals surface area contributed by atoms with E-state index in [0.29, 0.717) is 6.04 Å². The molecule has 78 valence electrons. The molecule has 2 N–H and O–H groups in total. The highest BCUT2D eigenvalue weighted by Crippen LogP contribution is 2.37. The molecule has 0 heterocycles. The fourth-order valence-corrected chi connectivity index (χ4v) is 2.86. The predicted molar refractivity (Wildman–Crippen MR) is 58.6 cm³/mol. The molecule has 0 spiro atoms. The third-order valence-corrected chi connectivity index (χ3v) is 3.99. The van der Waals surface area contributed by atoms with Crippen molar-refractivity contribution in [3.05, 3.63) is 0 Å². The van der Waals surface area contributed by atoms with Crippen molar-refractivity contribution >= 4 is 0 Å². The van der Waals surface area contributed by atoms with Crippen LogP contribution in [0.3, 0.4) is 0 Å². The molecular weight excluding hydrogens is 158 g/mol. The van der Waals surface area contributed by atoms with Crippen LogP contribution in [0.2, 0.25) is 0 Å². The van der Waals surface area contributed by atoms with Crippen LogP contribution < -0.4 is 5.73 Å². The van der Waals surface area contributed by atoms with Crippen LogP contribution in [0, 0.1) is 17.8 Å². The van der Waals surface area contributed by atoms with Crippen molar-refractivity contribution in [1.29, 1.82) is 0 Å². The van der Waals surface area contributed by atoms with E-state index >= 15 is 0 Å². The SMILES string of the molecule is CCC1CC(CC)C(N)C(CC)C1. The average Bonchev–Trinajstić information content (AvgIpc) is 2.18. The van der Waals surface area contributed by atoms with Crippen molar-refractivity contribution in [2.75, 3.05) is 0 Å². The molecule has 0 saturated heterocycles. The molecule has 0 aliphatic heterocycles. The Kier molecular flexibility index (Phi) is 4.24. The molecule has 13 heavy (non-hydrogen) atoms. The lowest BCUT2D eigenvalue weighted by atomic mass is 9.69. The molecule has 1 heteroatoms.